The highest BCUT2D eigenvalue weighted by molar-refractivity contribution is 6.30. The van der Waals surface area contributed by atoms with Crippen LogP contribution in [0.3, 0.4) is 0 Å². The van der Waals surface area contributed by atoms with Crippen molar-refractivity contribution < 1.29 is 23.1 Å². The third-order valence-corrected chi connectivity index (χ3v) is 5.92. The maximum atomic E-state index is 13.9. The summed E-state index contributed by atoms with van der Waals surface area (Å²) in [5, 5.41) is 13.2. The molecule has 3 N–H and O–H groups in total. The number of H-pyrrole nitrogens is 1. The van der Waals surface area contributed by atoms with Crippen LogP contribution in [0.25, 0.3) is 22.4 Å². The van der Waals surface area contributed by atoms with Crippen LogP contribution in [-0.4, -0.2) is 26.0 Å². The van der Waals surface area contributed by atoms with E-state index in [1.807, 2.05) is 0 Å². The van der Waals surface area contributed by atoms with Crippen LogP contribution in [0.15, 0.2) is 71.6 Å². The van der Waals surface area contributed by atoms with Crippen LogP contribution in [0.4, 0.5) is 8.78 Å². The number of hydrogen-bond acceptors (Lipinski definition) is 5. The molecule has 2 aromatic carbocycles. The Hall–Kier alpha value is -4.24. The SMILES string of the molecule is O=C(Cc1c[nH]c2ccc(O)nc12)NC(Cc1cc(F)cc(F)c1)c1ncoc1-c1ccc(Cl)cc1. The molecule has 3 aromatic heterocycles. The van der Waals surface area contributed by atoms with Gasteiger partial charge < -0.3 is 19.8 Å². The molecule has 0 saturated heterocycles. The largest absolute Gasteiger partial charge is 0.493 e. The van der Waals surface area contributed by atoms with E-state index < -0.39 is 17.7 Å². The van der Waals surface area contributed by atoms with Crippen molar-refractivity contribution in [1.29, 1.82) is 0 Å². The molecule has 7 nitrogen and oxygen atoms in total. The Morgan fingerprint density at radius 2 is 1.86 bits per heavy atom. The number of oxazole rings is 1. The van der Waals surface area contributed by atoms with E-state index >= 15 is 0 Å². The van der Waals surface area contributed by atoms with Crippen molar-refractivity contribution in [3.8, 4) is 17.2 Å². The molecule has 1 amide bonds. The smallest absolute Gasteiger partial charge is 0.225 e. The van der Waals surface area contributed by atoms with Gasteiger partial charge in [0.2, 0.25) is 11.8 Å². The normalized spacial score (nSPS) is 12.1. The van der Waals surface area contributed by atoms with Gasteiger partial charge in [-0.3, -0.25) is 4.79 Å². The van der Waals surface area contributed by atoms with Crippen molar-refractivity contribution in [3.05, 3.63) is 101 Å². The summed E-state index contributed by atoms with van der Waals surface area (Å²) in [7, 11) is 0. The fourth-order valence-corrected chi connectivity index (χ4v) is 4.22. The maximum Gasteiger partial charge on any atom is 0.225 e. The lowest BCUT2D eigenvalue weighted by Crippen LogP contribution is -2.31. The highest BCUT2D eigenvalue weighted by atomic mass is 35.5. The number of rotatable bonds is 7. The molecule has 0 saturated carbocycles. The molecule has 0 bridgehead atoms. The van der Waals surface area contributed by atoms with Gasteiger partial charge in [0.15, 0.2) is 12.2 Å². The first-order valence-electron chi connectivity index (χ1n) is 11.0. The summed E-state index contributed by atoms with van der Waals surface area (Å²) < 4.78 is 33.4. The second kappa shape index (κ2) is 9.79. The first-order valence-corrected chi connectivity index (χ1v) is 11.3. The van der Waals surface area contributed by atoms with Gasteiger partial charge in [-0.1, -0.05) is 11.6 Å². The molecule has 3 heterocycles. The van der Waals surface area contributed by atoms with Crippen LogP contribution in [-0.2, 0) is 17.6 Å². The molecule has 5 aromatic rings. The Balaban J connectivity index is 1.46. The van der Waals surface area contributed by atoms with Gasteiger partial charge in [-0.05, 0) is 54.4 Å². The fraction of sp³-hybridized carbons (Fsp3) is 0.115. The van der Waals surface area contributed by atoms with Crippen molar-refractivity contribution in [2.45, 2.75) is 18.9 Å². The summed E-state index contributed by atoms with van der Waals surface area (Å²) in [6.07, 6.45) is 2.89. The van der Waals surface area contributed by atoms with Gasteiger partial charge in [-0.2, -0.15) is 0 Å². The zero-order valence-corrected chi connectivity index (χ0v) is 19.4. The molecule has 1 unspecified atom stereocenters. The number of nitrogens with one attached hydrogen (secondary N) is 2. The van der Waals surface area contributed by atoms with Crippen LogP contribution in [0.5, 0.6) is 5.88 Å². The number of aromatic hydroxyl groups is 1. The van der Waals surface area contributed by atoms with E-state index in [9.17, 15) is 18.7 Å². The molecule has 0 fully saturated rings. The lowest BCUT2D eigenvalue weighted by atomic mass is 9.99. The lowest BCUT2D eigenvalue weighted by molar-refractivity contribution is -0.121. The van der Waals surface area contributed by atoms with Crippen LogP contribution in [0.1, 0.15) is 22.9 Å². The van der Waals surface area contributed by atoms with Gasteiger partial charge in [0.25, 0.3) is 0 Å². The number of aromatic amines is 1. The summed E-state index contributed by atoms with van der Waals surface area (Å²) in [5.41, 5.74) is 3.12. The van der Waals surface area contributed by atoms with E-state index in [1.54, 1.807) is 36.5 Å². The zero-order chi connectivity index (χ0) is 25.2. The average molecular weight is 509 g/mol. The third-order valence-electron chi connectivity index (χ3n) is 5.67. The number of halogens is 3. The molecular weight excluding hydrogens is 490 g/mol. The number of amides is 1. The number of pyridine rings is 1. The van der Waals surface area contributed by atoms with E-state index in [0.717, 1.165) is 6.07 Å². The molecular formula is C26H19ClF2N4O3. The van der Waals surface area contributed by atoms with E-state index in [2.05, 4.69) is 20.3 Å². The van der Waals surface area contributed by atoms with Gasteiger partial charge in [-0.25, -0.2) is 18.7 Å². The van der Waals surface area contributed by atoms with Crippen LogP contribution < -0.4 is 5.32 Å². The Morgan fingerprint density at radius 1 is 1.11 bits per heavy atom. The Morgan fingerprint density at radius 3 is 2.61 bits per heavy atom. The summed E-state index contributed by atoms with van der Waals surface area (Å²) in [5.74, 6) is -1.60. The predicted molar refractivity (Wildman–Crippen MR) is 129 cm³/mol. The Labute approximate surface area is 208 Å². The molecule has 0 aliphatic heterocycles. The predicted octanol–water partition coefficient (Wildman–Crippen LogP) is 5.50. The summed E-state index contributed by atoms with van der Waals surface area (Å²) in [6.45, 7) is 0. The quantitative estimate of drug-likeness (QED) is 0.269. The number of nitrogens with zero attached hydrogens (tertiary/aromatic N) is 2. The monoisotopic (exact) mass is 508 g/mol. The van der Waals surface area contributed by atoms with Gasteiger partial charge >= 0.3 is 0 Å². The summed E-state index contributed by atoms with van der Waals surface area (Å²) in [6, 6.07) is 12.4. The highest BCUT2D eigenvalue weighted by Gasteiger charge is 2.24. The molecule has 1 atom stereocenters. The average Bonchev–Trinajstić information content (AvgIpc) is 3.46. The molecule has 36 heavy (non-hydrogen) atoms. The topological polar surface area (TPSA) is 104 Å². The minimum atomic E-state index is -0.769. The lowest BCUT2D eigenvalue weighted by Gasteiger charge is -2.18. The van der Waals surface area contributed by atoms with Gasteiger partial charge in [0.05, 0.1) is 23.5 Å². The number of aromatic nitrogens is 3. The van der Waals surface area contributed by atoms with Crippen molar-refractivity contribution in [1.82, 2.24) is 20.3 Å². The standard InChI is InChI=1S/C26H19ClF2N4O3/c27-17-3-1-15(2-4-17)26-25(31-13-36-26)21(9-14-7-18(28)11-19(29)8-14)32-23(35)10-16-12-30-20-5-6-22(34)33-24(16)20/h1-8,11-13,21,30H,9-10H2,(H,32,35)(H,33,34). The first-order chi connectivity index (χ1) is 17.4. The first kappa shape index (κ1) is 23.5. The van der Waals surface area contributed by atoms with Crippen molar-refractivity contribution >= 4 is 28.5 Å². The number of benzene rings is 2. The molecule has 182 valence electrons. The van der Waals surface area contributed by atoms with E-state index in [1.165, 1.54) is 24.6 Å². The molecule has 0 spiro atoms. The van der Waals surface area contributed by atoms with E-state index in [0.29, 0.717) is 44.2 Å². The third kappa shape index (κ3) is 5.06. The fourth-order valence-electron chi connectivity index (χ4n) is 4.10. The molecule has 0 aliphatic rings. The minimum Gasteiger partial charge on any atom is -0.493 e. The number of fused-ring (bicyclic) bond motifs is 1. The molecule has 10 heteroatoms. The van der Waals surface area contributed by atoms with Crippen molar-refractivity contribution in [2.24, 2.45) is 0 Å². The summed E-state index contributed by atoms with van der Waals surface area (Å²) in [4.78, 5) is 24.5. The highest BCUT2D eigenvalue weighted by Crippen LogP contribution is 2.31. The maximum absolute atomic E-state index is 13.9. The van der Waals surface area contributed by atoms with Crippen LogP contribution in [0.2, 0.25) is 5.02 Å². The Kier molecular flexibility index (Phi) is 6.39. The van der Waals surface area contributed by atoms with Gasteiger partial charge in [0, 0.05) is 34.5 Å². The second-order valence-corrected chi connectivity index (χ2v) is 8.67. The van der Waals surface area contributed by atoms with Crippen LogP contribution in [0, 0.1) is 11.6 Å². The van der Waals surface area contributed by atoms with Crippen molar-refractivity contribution in [3.63, 3.8) is 0 Å². The minimum absolute atomic E-state index is 0.0560. The van der Waals surface area contributed by atoms with Crippen molar-refractivity contribution in [2.75, 3.05) is 0 Å². The number of carbonyl (C=O) groups is 1. The van der Waals surface area contributed by atoms with Gasteiger partial charge in [0.1, 0.15) is 17.3 Å². The van der Waals surface area contributed by atoms with E-state index in [-0.39, 0.29) is 24.6 Å². The van der Waals surface area contributed by atoms with Gasteiger partial charge in [-0.15, -0.1) is 0 Å². The molecule has 5 rings (SSSR count). The molecule has 0 radical (unpaired) electrons. The van der Waals surface area contributed by atoms with E-state index in [4.69, 9.17) is 16.0 Å². The number of carbonyl (C=O) groups excluding carboxylic acids is 1. The zero-order valence-electron chi connectivity index (χ0n) is 18.6. The second-order valence-electron chi connectivity index (χ2n) is 8.23. The number of hydrogen-bond donors (Lipinski definition) is 3. The van der Waals surface area contributed by atoms with Crippen LogP contribution >= 0.6 is 11.6 Å². The molecule has 0 aliphatic carbocycles. The summed E-state index contributed by atoms with van der Waals surface area (Å²) >= 11 is 6.00. The Bertz CT molecular complexity index is 1530.